The van der Waals surface area contributed by atoms with Crippen molar-refractivity contribution in [1.29, 1.82) is 0 Å². The molecule has 90 valence electrons. The molecule has 0 bridgehead atoms. The van der Waals surface area contributed by atoms with Gasteiger partial charge in [-0.15, -0.1) is 9.19 Å². The molecule has 1 aromatic heterocycles. The van der Waals surface area contributed by atoms with Crippen LogP contribution < -0.4 is 4.74 Å². The quantitative estimate of drug-likeness (QED) is 0.810. The van der Waals surface area contributed by atoms with Crippen molar-refractivity contribution in [3.8, 4) is 5.75 Å². The molecular formula is C10H11N3O3S. The number of methoxy groups -OCH3 is 1. The van der Waals surface area contributed by atoms with Gasteiger partial charge in [0.25, 0.3) is 10.0 Å². The molecule has 0 unspecified atom stereocenters. The molecule has 0 atom stereocenters. The Kier molecular flexibility index (Phi) is 2.84. The van der Waals surface area contributed by atoms with Crippen LogP contribution in [0.4, 0.5) is 0 Å². The second kappa shape index (κ2) is 4.17. The monoisotopic (exact) mass is 253 g/mol. The first kappa shape index (κ1) is 11.6. The van der Waals surface area contributed by atoms with Crippen molar-refractivity contribution in [3.05, 3.63) is 36.4 Å². The molecule has 0 saturated carbocycles. The van der Waals surface area contributed by atoms with Gasteiger partial charge in [0.05, 0.1) is 7.11 Å². The second-order valence-corrected chi connectivity index (χ2v) is 5.19. The fourth-order valence-electron chi connectivity index (χ4n) is 1.41. The average molecular weight is 253 g/mol. The lowest BCUT2D eigenvalue weighted by Crippen LogP contribution is -2.14. The Hall–Kier alpha value is -1.89. The van der Waals surface area contributed by atoms with E-state index in [2.05, 4.69) is 10.1 Å². The minimum absolute atomic E-state index is 0.0745. The zero-order chi connectivity index (χ0) is 12.5. The minimum atomic E-state index is -3.74. The zero-order valence-electron chi connectivity index (χ0n) is 9.36. The first-order chi connectivity index (χ1) is 8.05. The van der Waals surface area contributed by atoms with E-state index in [1.54, 1.807) is 19.1 Å². The van der Waals surface area contributed by atoms with E-state index in [-0.39, 0.29) is 10.6 Å². The van der Waals surface area contributed by atoms with Crippen molar-refractivity contribution < 1.29 is 13.2 Å². The highest BCUT2D eigenvalue weighted by Gasteiger charge is 2.22. The molecule has 0 amide bonds. The Labute approximate surface area is 98.9 Å². The summed E-state index contributed by atoms with van der Waals surface area (Å²) in [7, 11) is -2.32. The number of ether oxygens (including phenoxy) is 1. The van der Waals surface area contributed by atoms with E-state index in [0.717, 1.165) is 16.0 Å². The van der Waals surface area contributed by atoms with Crippen LogP contribution in [0.15, 0.2) is 35.7 Å². The lowest BCUT2D eigenvalue weighted by Gasteiger charge is -2.09. The number of hydrogen-bond acceptors (Lipinski definition) is 5. The zero-order valence-corrected chi connectivity index (χ0v) is 10.2. The van der Waals surface area contributed by atoms with Crippen molar-refractivity contribution in [1.82, 2.24) is 14.2 Å². The van der Waals surface area contributed by atoms with Gasteiger partial charge in [-0.2, -0.15) is 8.42 Å². The lowest BCUT2D eigenvalue weighted by atomic mass is 10.2. The van der Waals surface area contributed by atoms with Crippen LogP contribution in [0, 0.1) is 6.92 Å². The second-order valence-electron chi connectivity index (χ2n) is 3.43. The van der Waals surface area contributed by atoms with Crippen LogP contribution in [0.3, 0.4) is 0 Å². The van der Waals surface area contributed by atoms with Crippen LogP contribution in [0.2, 0.25) is 0 Å². The van der Waals surface area contributed by atoms with Gasteiger partial charge in [0, 0.05) is 0 Å². The van der Waals surface area contributed by atoms with E-state index in [1.165, 1.54) is 19.5 Å². The minimum Gasteiger partial charge on any atom is -0.495 e. The summed E-state index contributed by atoms with van der Waals surface area (Å²) < 4.78 is 30.3. The van der Waals surface area contributed by atoms with Gasteiger partial charge in [0.1, 0.15) is 23.3 Å². The fraction of sp³-hybridized carbons (Fsp3) is 0.200. The lowest BCUT2D eigenvalue weighted by molar-refractivity contribution is 0.402. The summed E-state index contributed by atoms with van der Waals surface area (Å²) >= 11 is 0. The fourth-order valence-corrected chi connectivity index (χ4v) is 2.69. The summed E-state index contributed by atoms with van der Waals surface area (Å²) in [5.74, 6) is 0.283. The predicted molar refractivity (Wildman–Crippen MR) is 60.3 cm³/mol. The Morgan fingerprint density at radius 2 is 2.12 bits per heavy atom. The average Bonchev–Trinajstić information content (AvgIpc) is 2.83. The van der Waals surface area contributed by atoms with Gasteiger partial charge in [0.15, 0.2) is 0 Å². The summed E-state index contributed by atoms with van der Waals surface area (Å²) in [4.78, 5) is 3.70. The predicted octanol–water partition coefficient (Wildman–Crippen LogP) is 0.832. The molecule has 0 N–H and O–H groups in total. The van der Waals surface area contributed by atoms with E-state index in [0.29, 0.717) is 0 Å². The molecule has 0 spiro atoms. The van der Waals surface area contributed by atoms with Crippen molar-refractivity contribution in [2.75, 3.05) is 7.11 Å². The van der Waals surface area contributed by atoms with Gasteiger partial charge in [-0.1, -0.05) is 6.07 Å². The molecule has 0 aliphatic heterocycles. The maximum Gasteiger partial charge on any atom is 0.288 e. The normalized spacial score (nSPS) is 11.4. The van der Waals surface area contributed by atoms with Crippen molar-refractivity contribution in [2.45, 2.75) is 11.8 Å². The summed E-state index contributed by atoms with van der Waals surface area (Å²) in [6.45, 7) is 1.81. The molecule has 0 aliphatic carbocycles. The molecular weight excluding hydrogens is 242 g/mol. The Morgan fingerprint density at radius 1 is 1.35 bits per heavy atom. The number of benzene rings is 1. The van der Waals surface area contributed by atoms with Gasteiger partial charge in [0.2, 0.25) is 0 Å². The van der Waals surface area contributed by atoms with E-state index in [1.807, 2.05) is 0 Å². The van der Waals surface area contributed by atoms with Gasteiger partial charge in [-0.05, 0) is 24.6 Å². The van der Waals surface area contributed by atoms with Crippen LogP contribution in [-0.4, -0.2) is 29.7 Å². The van der Waals surface area contributed by atoms with Crippen molar-refractivity contribution in [3.63, 3.8) is 0 Å². The molecule has 0 aliphatic rings. The molecule has 17 heavy (non-hydrogen) atoms. The summed E-state index contributed by atoms with van der Waals surface area (Å²) in [5.41, 5.74) is 0.824. The standard InChI is InChI=1S/C10H11N3O3S/c1-8-3-4-9(16-2)10(5-8)17(14,15)13-7-11-6-12-13/h3-7H,1-2H3. The first-order valence-electron chi connectivity index (χ1n) is 4.80. The molecule has 6 nitrogen and oxygen atoms in total. The van der Waals surface area contributed by atoms with Gasteiger partial charge in [-0.3, -0.25) is 0 Å². The van der Waals surface area contributed by atoms with Gasteiger partial charge >= 0.3 is 0 Å². The molecule has 7 heteroatoms. The van der Waals surface area contributed by atoms with Crippen LogP contribution >= 0.6 is 0 Å². The molecule has 1 aromatic carbocycles. The van der Waals surface area contributed by atoms with E-state index in [4.69, 9.17) is 4.74 Å². The molecule has 1 heterocycles. The third-order valence-corrected chi connectivity index (χ3v) is 3.80. The smallest absolute Gasteiger partial charge is 0.288 e. The van der Waals surface area contributed by atoms with Gasteiger partial charge < -0.3 is 4.74 Å². The highest BCUT2D eigenvalue weighted by atomic mass is 32.2. The van der Waals surface area contributed by atoms with Crippen LogP contribution in [-0.2, 0) is 10.0 Å². The summed E-state index contributed by atoms with van der Waals surface area (Å²) in [6.07, 6.45) is 2.30. The largest absolute Gasteiger partial charge is 0.495 e. The van der Waals surface area contributed by atoms with Gasteiger partial charge in [-0.25, -0.2) is 4.98 Å². The van der Waals surface area contributed by atoms with Crippen LogP contribution in [0.25, 0.3) is 0 Å². The molecule has 0 saturated heterocycles. The highest BCUT2D eigenvalue weighted by Crippen LogP contribution is 2.25. The SMILES string of the molecule is COc1ccc(C)cc1S(=O)(=O)n1cncn1. The first-order valence-corrected chi connectivity index (χ1v) is 6.24. The van der Waals surface area contributed by atoms with Crippen LogP contribution in [0.1, 0.15) is 5.56 Å². The number of aromatic nitrogens is 3. The third-order valence-electron chi connectivity index (χ3n) is 2.24. The van der Waals surface area contributed by atoms with E-state index >= 15 is 0 Å². The Bertz CT molecular complexity index is 620. The van der Waals surface area contributed by atoms with E-state index < -0.39 is 10.0 Å². The van der Waals surface area contributed by atoms with Crippen molar-refractivity contribution in [2.24, 2.45) is 0 Å². The topological polar surface area (TPSA) is 74.1 Å². The molecule has 0 fully saturated rings. The molecule has 0 radical (unpaired) electrons. The Balaban J connectivity index is 2.65. The Morgan fingerprint density at radius 3 is 2.71 bits per heavy atom. The summed E-state index contributed by atoms with van der Waals surface area (Å²) in [5, 5.41) is 3.63. The maximum absolute atomic E-state index is 12.2. The molecule has 2 aromatic rings. The molecule has 2 rings (SSSR count). The maximum atomic E-state index is 12.2. The van der Waals surface area contributed by atoms with Crippen LogP contribution in [0.5, 0.6) is 5.75 Å². The highest BCUT2D eigenvalue weighted by molar-refractivity contribution is 7.90. The number of hydrogen-bond donors (Lipinski definition) is 0. The summed E-state index contributed by atoms with van der Waals surface area (Å²) in [6, 6.07) is 4.92. The van der Waals surface area contributed by atoms with E-state index in [9.17, 15) is 8.42 Å². The number of nitrogens with zero attached hydrogens (tertiary/aromatic N) is 3. The third kappa shape index (κ3) is 2.01. The van der Waals surface area contributed by atoms with Crippen molar-refractivity contribution >= 4 is 10.0 Å². The number of aryl methyl sites for hydroxylation is 1. The number of rotatable bonds is 3.